The van der Waals surface area contributed by atoms with Crippen molar-refractivity contribution in [1.82, 2.24) is 0 Å². The van der Waals surface area contributed by atoms with Crippen LogP contribution in [-0.2, 0) is 13.8 Å². The van der Waals surface area contributed by atoms with Crippen LogP contribution in [0.2, 0.25) is 0 Å². The van der Waals surface area contributed by atoms with Crippen molar-refractivity contribution in [2.45, 2.75) is 31.1 Å². The maximum absolute atomic E-state index is 11.9. The maximum Gasteiger partial charge on any atom is 0.338 e. The van der Waals surface area contributed by atoms with Crippen LogP contribution in [-0.4, -0.2) is 35.1 Å². The van der Waals surface area contributed by atoms with E-state index in [0.29, 0.717) is 12.3 Å². The highest BCUT2D eigenvalue weighted by Gasteiger charge is 2.20. The SMILES string of the molecule is CCCCCOC(=O)c1ccc(N(C)C)c(S(=O)(=O)Cl)c1. The Morgan fingerprint density at radius 2 is 1.95 bits per heavy atom. The van der Waals surface area contributed by atoms with Gasteiger partial charge in [0.25, 0.3) is 9.05 Å². The van der Waals surface area contributed by atoms with Crippen LogP contribution < -0.4 is 4.90 Å². The molecule has 0 amide bonds. The third kappa shape index (κ3) is 5.21. The van der Waals surface area contributed by atoms with Gasteiger partial charge in [-0.2, -0.15) is 0 Å². The number of unbranched alkanes of at least 4 members (excludes halogenated alkanes) is 2. The first-order valence-corrected chi connectivity index (χ1v) is 9.01. The first kappa shape index (κ1) is 17.8. The summed E-state index contributed by atoms with van der Waals surface area (Å²) in [5.74, 6) is -0.544. The zero-order valence-electron chi connectivity index (χ0n) is 12.4. The zero-order chi connectivity index (χ0) is 16.0. The van der Waals surface area contributed by atoms with E-state index < -0.39 is 15.0 Å². The number of ether oxygens (including phenoxy) is 1. The second-order valence-electron chi connectivity index (χ2n) is 4.86. The summed E-state index contributed by atoms with van der Waals surface area (Å²) in [6.45, 7) is 2.38. The number of hydrogen-bond donors (Lipinski definition) is 0. The molecule has 1 rings (SSSR count). The number of anilines is 1. The summed E-state index contributed by atoms with van der Waals surface area (Å²) in [6.07, 6.45) is 2.80. The summed E-state index contributed by atoms with van der Waals surface area (Å²) in [4.78, 5) is 13.4. The van der Waals surface area contributed by atoms with Crippen molar-refractivity contribution in [3.8, 4) is 0 Å². The van der Waals surface area contributed by atoms with Gasteiger partial charge in [-0.25, -0.2) is 13.2 Å². The minimum Gasteiger partial charge on any atom is -0.462 e. The fourth-order valence-electron chi connectivity index (χ4n) is 1.81. The monoisotopic (exact) mass is 333 g/mol. The molecule has 1 aromatic rings. The summed E-state index contributed by atoms with van der Waals surface area (Å²) in [5.41, 5.74) is 0.601. The highest BCUT2D eigenvalue weighted by molar-refractivity contribution is 8.13. The van der Waals surface area contributed by atoms with Gasteiger partial charge in [0.2, 0.25) is 0 Å². The van der Waals surface area contributed by atoms with Gasteiger partial charge in [-0.1, -0.05) is 19.8 Å². The Balaban J connectivity index is 2.98. The molecule has 21 heavy (non-hydrogen) atoms. The molecule has 0 aliphatic rings. The molecule has 0 N–H and O–H groups in total. The first-order chi connectivity index (χ1) is 9.77. The standard InChI is InChI=1S/C14H20ClNO4S/c1-4-5-6-9-20-14(17)11-7-8-12(16(2)3)13(10-11)21(15,18)19/h7-8,10H,4-6,9H2,1-3H3. The van der Waals surface area contributed by atoms with Crippen LogP contribution in [0.5, 0.6) is 0 Å². The van der Waals surface area contributed by atoms with Crippen molar-refractivity contribution >= 4 is 31.4 Å². The Labute approximate surface area is 130 Å². The Hall–Kier alpha value is -1.27. The molecule has 0 saturated carbocycles. The molecule has 1 aromatic carbocycles. The van der Waals surface area contributed by atoms with Crippen LogP contribution in [0, 0.1) is 0 Å². The van der Waals surface area contributed by atoms with E-state index in [2.05, 4.69) is 6.92 Å². The lowest BCUT2D eigenvalue weighted by Gasteiger charge is -2.16. The van der Waals surface area contributed by atoms with Gasteiger partial charge in [0, 0.05) is 24.8 Å². The van der Waals surface area contributed by atoms with Gasteiger partial charge in [0.05, 0.1) is 17.9 Å². The van der Waals surface area contributed by atoms with Crippen molar-refractivity contribution in [3.05, 3.63) is 23.8 Å². The molecule has 118 valence electrons. The first-order valence-electron chi connectivity index (χ1n) is 6.70. The third-order valence-corrected chi connectivity index (χ3v) is 4.27. The number of carbonyl (C=O) groups excluding carboxylic acids is 1. The predicted molar refractivity (Wildman–Crippen MR) is 83.6 cm³/mol. The fourth-order valence-corrected chi connectivity index (χ4v) is 2.95. The smallest absolute Gasteiger partial charge is 0.338 e. The molecule has 0 saturated heterocycles. The molecular formula is C14H20ClNO4S. The van der Waals surface area contributed by atoms with Gasteiger partial charge in [0.15, 0.2) is 0 Å². The average Bonchev–Trinajstić information content (AvgIpc) is 2.41. The van der Waals surface area contributed by atoms with Crippen molar-refractivity contribution in [1.29, 1.82) is 0 Å². The maximum atomic E-state index is 11.9. The third-order valence-electron chi connectivity index (χ3n) is 2.92. The topological polar surface area (TPSA) is 63.7 Å². The van der Waals surface area contributed by atoms with E-state index >= 15 is 0 Å². The molecule has 0 aliphatic heterocycles. The highest BCUT2D eigenvalue weighted by Crippen LogP contribution is 2.28. The lowest BCUT2D eigenvalue weighted by molar-refractivity contribution is 0.0498. The molecule has 0 aliphatic carbocycles. The van der Waals surface area contributed by atoms with E-state index in [0.717, 1.165) is 19.3 Å². The van der Waals surface area contributed by atoms with Crippen molar-refractivity contribution in [2.24, 2.45) is 0 Å². The van der Waals surface area contributed by atoms with Gasteiger partial charge < -0.3 is 9.64 Å². The number of rotatable bonds is 7. The number of benzene rings is 1. The molecule has 0 fully saturated rings. The van der Waals surface area contributed by atoms with Gasteiger partial charge in [-0.05, 0) is 24.6 Å². The Morgan fingerprint density at radius 1 is 1.29 bits per heavy atom. The van der Waals surface area contributed by atoms with Crippen LogP contribution in [0.1, 0.15) is 36.5 Å². The summed E-state index contributed by atoms with van der Waals surface area (Å²) < 4.78 is 28.3. The summed E-state index contributed by atoms with van der Waals surface area (Å²) in [6, 6.07) is 4.32. The summed E-state index contributed by atoms with van der Waals surface area (Å²) in [5, 5.41) is 0. The highest BCUT2D eigenvalue weighted by atomic mass is 35.7. The predicted octanol–water partition coefficient (Wildman–Crippen LogP) is 3.03. The molecule has 0 aromatic heterocycles. The van der Waals surface area contributed by atoms with E-state index in [9.17, 15) is 13.2 Å². The molecule has 0 radical (unpaired) electrons. The average molecular weight is 334 g/mol. The van der Waals surface area contributed by atoms with Gasteiger partial charge in [0.1, 0.15) is 4.90 Å². The second-order valence-corrected chi connectivity index (χ2v) is 7.39. The molecule has 0 spiro atoms. The lowest BCUT2D eigenvalue weighted by Crippen LogP contribution is -2.14. The van der Waals surface area contributed by atoms with E-state index in [1.54, 1.807) is 19.0 Å². The van der Waals surface area contributed by atoms with Gasteiger partial charge in [-0.3, -0.25) is 0 Å². The molecule has 0 unspecified atom stereocenters. The molecule has 5 nitrogen and oxygen atoms in total. The summed E-state index contributed by atoms with van der Waals surface area (Å²) >= 11 is 0. The number of carbonyl (C=O) groups is 1. The molecule has 0 bridgehead atoms. The Kier molecular flexibility index (Phi) is 6.48. The van der Waals surface area contributed by atoms with Crippen LogP contribution in [0.15, 0.2) is 23.1 Å². The van der Waals surface area contributed by atoms with Crippen LogP contribution in [0.3, 0.4) is 0 Å². The molecule has 7 heteroatoms. The lowest BCUT2D eigenvalue weighted by atomic mass is 10.2. The molecule has 0 heterocycles. The second kappa shape index (κ2) is 7.66. The van der Waals surface area contributed by atoms with E-state index in [1.165, 1.54) is 18.2 Å². The number of halogens is 1. The normalized spacial score (nSPS) is 11.2. The van der Waals surface area contributed by atoms with Crippen molar-refractivity contribution in [3.63, 3.8) is 0 Å². The Bertz CT molecular complexity index is 599. The minimum absolute atomic E-state index is 0.0998. The zero-order valence-corrected chi connectivity index (χ0v) is 14.0. The fraction of sp³-hybridized carbons (Fsp3) is 0.500. The number of nitrogens with zero attached hydrogens (tertiary/aromatic N) is 1. The molecular weight excluding hydrogens is 314 g/mol. The van der Waals surface area contributed by atoms with Crippen LogP contribution in [0.4, 0.5) is 5.69 Å². The minimum atomic E-state index is -3.94. The van der Waals surface area contributed by atoms with Crippen molar-refractivity contribution in [2.75, 3.05) is 25.6 Å². The number of hydrogen-bond acceptors (Lipinski definition) is 5. The van der Waals surface area contributed by atoms with Crippen molar-refractivity contribution < 1.29 is 17.9 Å². The van der Waals surface area contributed by atoms with Gasteiger partial charge >= 0.3 is 5.97 Å². The number of esters is 1. The van der Waals surface area contributed by atoms with E-state index in [4.69, 9.17) is 15.4 Å². The van der Waals surface area contributed by atoms with E-state index in [1.807, 2.05) is 0 Å². The van der Waals surface area contributed by atoms with Crippen LogP contribution >= 0.6 is 10.7 Å². The van der Waals surface area contributed by atoms with Gasteiger partial charge in [-0.15, -0.1) is 0 Å². The Morgan fingerprint density at radius 3 is 2.48 bits per heavy atom. The summed E-state index contributed by atoms with van der Waals surface area (Å²) in [7, 11) is 4.88. The quantitative estimate of drug-likeness (QED) is 0.436. The van der Waals surface area contributed by atoms with Crippen LogP contribution in [0.25, 0.3) is 0 Å². The largest absolute Gasteiger partial charge is 0.462 e. The molecule has 0 atom stereocenters. The van der Waals surface area contributed by atoms with E-state index in [-0.39, 0.29) is 10.5 Å².